The van der Waals surface area contributed by atoms with Gasteiger partial charge < -0.3 is 9.63 Å². The number of nitrogens with zero attached hydrogens (tertiary/aromatic N) is 3. The van der Waals surface area contributed by atoms with Gasteiger partial charge in [-0.3, -0.25) is 0 Å². The smallest absolute Gasteiger partial charge is 0.373 e. The van der Waals surface area contributed by atoms with Gasteiger partial charge in [0, 0.05) is 28.1 Å². The van der Waals surface area contributed by atoms with Crippen LogP contribution in [0.2, 0.25) is 5.02 Å². The van der Waals surface area contributed by atoms with Gasteiger partial charge >= 0.3 is 15.0 Å². The molecular formula is C17H10ClFN4O4S2. The molecule has 0 aliphatic heterocycles. The number of hydrogen-bond acceptors (Lipinski definition) is 7. The highest BCUT2D eigenvalue weighted by molar-refractivity contribution is 7.92. The van der Waals surface area contributed by atoms with Crippen LogP contribution in [0, 0.1) is 5.82 Å². The van der Waals surface area contributed by atoms with E-state index in [-0.39, 0.29) is 10.8 Å². The number of sulfonamides is 1. The largest absolute Gasteiger partial charge is 0.538 e. The van der Waals surface area contributed by atoms with Crippen LogP contribution >= 0.6 is 22.9 Å². The van der Waals surface area contributed by atoms with Crippen molar-refractivity contribution in [3.63, 3.8) is 0 Å². The number of aromatic nitrogens is 3. The molecule has 0 aliphatic rings. The molecular weight excluding hydrogens is 443 g/mol. The van der Waals surface area contributed by atoms with Crippen LogP contribution < -0.4 is 14.5 Å². The Balaban J connectivity index is 1.66. The van der Waals surface area contributed by atoms with Crippen LogP contribution in [0.3, 0.4) is 0 Å². The molecule has 0 bridgehead atoms. The molecule has 1 N–H and O–H groups in total. The first-order valence-corrected chi connectivity index (χ1v) is 10.7. The summed E-state index contributed by atoms with van der Waals surface area (Å²) in [5.74, 6) is -1.53. The van der Waals surface area contributed by atoms with Crippen LogP contribution in [0.25, 0.3) is 16.9 Å². The van der Waals surface area contributed by atoms with Gasteiger partial charge in [-0.25, -0.2) is 14.1 Å². The predicted molar refractivity (Wildman–Crippen MR) is 101 cm³/mol. The lowest BCUT2D eigenvalue weighted by molar-refractivity contribution is -0.706. The zero-order valence-electron chi connectivity index (χ0n) is 14.2. The second kappa shape index (κ2) is 7.43. The summed E-state index contributed by atoms with van der Waals surface area (Å²) in [6, 6.07) is 11.6. The topological polar surface area (TPSA) is 112 Å². The van der Waals surface area contributed by atoms with Gasteiger partial charge in [-0.15, -0.1) is 11.3 Å². The number of halogens is 2. The lowest BCUT2D eigenvalue weighted by Crippen LogP contribution is -2.40. The van der Waals surface area contributed by atoms with Crippen molar-refractivity contribution in [2.75, 3.05) is 4.72 Å². The normalized spacial score (nSPS) is 11.5. The van der Waals surface area contributed by atoms with E-state index in [0.717, 1.165) is 16.0 Å². The van der Waals surface area contributed by atoms with Crippen molar-refractivity contribution >= 4 is 38.1 Å². The highest BCUT2D eigenvalue weighted by Gasteiger charge is 2.34. The lowest BCUT2D eigenvalue weighted by Gasteiger charge is -2.02. The molecule has 0 unspecified atom stereocenters. The Labute approximate surface area is 172 Å². The highest BCUT2D eigenvalue weighted by atomic mass is 35.5. The molecule has 4 aromatic rings. The van der Waals surface area contributed by atoms with Crippen LogP contribution in [0.15, 0.2) is 63.5 Å². The van der Waals surface area contributed by atoms with E-state index in [2.05, 4.69) is 19.5 Å². The Kier molecular flexibility index (Phi) is 4.94. The van der Waals surface area contributed by atoms with E-state index in [0.29, 0.717) is 16.3 Å². The standard InChI is InChI=1S/C17H10ClFN4O4S2/c18-11-3-7-13(8-4-11)23-15(16(24)27-22-23)29(25,26)21-17-20-14(9-28-17)10-1-5-12(19)6-2-10/h1-9H,(H-,20,21,22,24). The van der Waals surface area contributed by atoms with Gasteiger partial charge in [0.1, 0.15) is 5.82 Å². The Hall–Kier alpha value is -3.02. The van der Waals surface area contributed by atoms with Crippen molar-refractivity contribution in [3.8, 4) is 22.9 Å². The Morgan fingerprint density at radius 3 is 2.52 bits per heavy atom. The molecule has 148 valence electrons. The van der Waals surface area contributed by atoms with E-state index >= 15 is 0 Å². The van der Waals surface area contributed by atoms with E-state index in [1.54, 1.807) is 5.38 Å². The summed E-state index contributed by atoms with van der Waals surface area (Å²) in [5.41, 5.74) is 1.33. The van der Waals surface area contributed by atoms with Gasteiger partial charge in [-0.1, -0.05) is 11.6 Å². The molecule has 0 spiro atoms. The molecule has 12 heteroatoms. The highest BCUT2D eigenvalue weighted by Crippen LogP contribution is 2.27. The molecule has 2 aromatic heterocycles. The number of rotatable bonds is 5. The average molecular weight is 453 g/mol. The summed E-state index contributed by atoms with van der Waals surface area (Å²) in [7, 11) is -4.37. The fourth-order valence-corrected chi connectivity index (χ4v) is 4.65. The maximum Gasteiger partial charge on any atom is 0.373 e. The minimum atomic E-state index is -4.37. The van der Waals surface area contributed by atoms with E-state index in [9.17, 15) is 17.9 Å². The first kappa shape index (κ1) is 19.3. The quantitative estimate of drug-likeness (QED) is 0.466. The average Bonchev–Trinajstić information content (AvgIpc) is 3.29. The van der Waals surface area contributed by atoms with Gasteiger partial charge in [0.15, 0.2) is 11.1 Å². The first-order valence-electron chi connectivity index (χ1n) is 7.93. The van der Waals surface area contributed by atoms with Crippen molar-refractivity contribution in [1.82, 2.24) is 10.3 Å². The number of benzene rings is 2. The molecule has 2 heterocycles. The predicted octanol–water partition coefficient (Wildman–Crippen LogP) is 2.74. The second-order valence-corrected chi connectivity index (χ2v) is 8.60. The molecule has 29 heavy (non-hydrogen) atoms. The van der Waals surface area contributed by atoms with Gasteiger partial charge in [0.05, 0.1) is 11.0 Å². The minimum Gasteiger partial charge on any atom is -0.538 e. The van der Waals surface area contributed by atoms with Gasteiger partial charge in [-0.05, 0) is 41.1 Å². The van der Waals surface area contributed by atoms with Crippen LogP contribution in [-0.4, -0.2) is 18.7 Å². The third kappa shape index (κ3) is 3.92. The fourth-order valence-electron chi connectivity index (χ4n) is 2.45. The molecule has 0 aliphatic carbocycles. The zero-order valence-corrected chi connectivity index (χ0v) is 16.6. The summed E-state index contributed by atoms with van der Waals surface area (Å²) >= 11 is 6.84. The van der Waals surface area contributed by atoms with Crippen molar-refractivity contribution in [3.05, 3.63) is 64.8 Å². The summed E-state index contributed by atoms with van der Waals surface area (Å²) < 4.78 is 46.3. The Morgan fingerprint density at radius 2 is 1.83 bits per heavy atom. The lowest BCUT2D eigenvalue weighted by atomic mass is 10.2. The van der Waals surface area contributed by atoms with E-state index in [4.69, 9.17) is 11.6 Å². The number of thiazole rings is 1. The molecule has 8 nitrogen and oxygen atoms in total. The van der Waals surface area contributed by atoms with Gasteiger partial charge in [0.2, 0.25) is 5.69 Å². The third-order valence-electron chi connectivity index (χ3n) is 3.76. The third-order valence-corrected chi connectivity index (χ3v) is 6.21. The molecule has 0 radical (unpaired) electrons. The SMILES string of the molecule is O=S(=O)(Nc1nc(-c2ccc(F)cc2)cs1)c1c([O-])on[n+]1-c1ccc(Cl)cc1. The monoisotopic (exact) mass is 452 g/mol. The molecule has 0 fully saturated rings. The van der Waals surface area contributed by atoms with Crippen LogP contribution in [-0.2, 0) is 10.0 Å². The zero-order chi connectivity index (χ0) is 20.6. The molecule has 0 saturated heterocycles. The summed E-state index contributed by atoms with van der Waals surface area (Å²) in [6.07, 6.45) is 0. The molecule has 4 rings (SSSR count). The maximum absolute atomic E-state index is 13.1. The summed E-state index contributed by atoms with van der Waals surface area (Å²) in [5, 5.41) is 16.9. The van der Waals surface area contributed by atoms with Crippen molar-refractivity contribution in [2.24, 2.45) is 0 Å². The summed E-state index contributed by atoms with van der Waals surface area (Å²) in [4.78, 5) is 4.17. The maximum atomic E-state index is 13.1. The van der Waals surface area contributed by atoms with E-state index in [1.807, 2.05) is 0 Å². The van der Waals surface area contributed by atoms with Crippen molar-refractivity contribution in [2.45, 2.75) is 5.03 Å². The Morgan fingerprint density at radius 1 is 1.14 bits per heavy atom. The van der Waals surface area contributed by atoms with Crippen LogP contribution in [0.5, 0.6) is 5.95 Å². The molecule has 0 atom stereocenters. The summed E-state index contributed by atoms with van der Waals surface area (Å²) in [6.45, 7) is 0. The first-order chi connectivity index (χ1) is 13.8. The fraction of sp³-hybridized carbons (Fsp3) is 0. The molecule has 0 saturated carbocycles. The van der Waals surface area contributed by atoms with Crippen LogP contribution in [0.1, 0.15) is 0 Å². The van der Waals surface area contributed by atoms with E-state index in [1.165, 1.54) is 48.5 Å². The number of anilines is 1. The second-order valence-electron chi connectivity index (χ2n) is 5.70. The van der Waals surface area contributed by atoms with Crippen LogP contribution in [0.4, 0.5) is 9.52 Å². The molecule has 2 aromatic carbocycles. The number of hydrogen-bond donors (Lipinski definition) is 1. The van der Waals surface area contributed by atoms with Gasteiger partial charge in [0.25, 0.3) is 0 Å². The number of nitrogens with one attached hydrogen (secondary N) is 1. The van der Waals surface area contributed by atoms with Crippen molar-refractivity contribution in [1.29, 1.82) is 0 Å². The molecule has 0 amide bonds. The Bertz CT molecular complexity index is 1270. The van der Waals surface area contributed by atoms with Gasteiger partial charge in [-0.2, -0.15) is 8.42 Å². The minimum absolute atomic E-state index is 0.0209. The van der Waals surface area contributed by atoms with Crippen molar-refractivity contribution < 1.29 is 27.1 Å². The van der Waals surface area contributed by atoms with E-state index < -0.39 is 26.8 Å².